The number of fused-ring (bicyclic) bond motifs is 2. The molecular formula is C21H18N4O2. The highest BCUT2D eigenvalue weighted by Gasteiger charge is 2.17. The highest BCUT2D eigenvalue weighted by Crippen LogP contribution is 2.35. The van der Waals surface area contributed by atoms with E-state index in [0.29, 0.717) is 13.2 Å². The summed E-state index contributed by atoms with van der Waals surface area (Å²) in [5.41, 5.74) is 4.55. The third-order valence-corrected chi connectivity index (χ3v) is 4.49. The molecule has 1 aromatic carbocycles. The number of nitrogens with one attached hydrogen (secondary N) is 1. The van der Waals surface area contributed by atoms with Gasteiger partial charge in [0.15, 0.2) is 11.5 Å². The molecule has 1 N–H and O–H groups in total. The molecule has 6 heteroatoms. The summed E-state index contributed by atoms with van der Waals surface area (Å²) in [6.07, 6.45) is 3.79. The average Bonchev–Trinajstić information content (AvgIpc) is 3.06. The van der Waals surface area contributed by atoms with Gasteiger partial charge in [0.2, 0.25) is 0 Å². The summed E-state index contributed by atoms with van der Waals surface area (Å²) in [6.45, 7) is 3.20. The molecule has 1 aliphatic heterocycles. The molecule has 0 unspecified atom stereocenters. The quantitative estimate of drug-likeness (QED) is 0.594. The Morgan fingerprint density at radius 2 is 1.89 bits per heavy atom. The van der Waals surface area contributed by atoms with Gasteiger partial charge in [-0.2, -0.15) is 0 Å². The van der Waals surface area contributed by atoms with Gasteiger partial charge in [-0.15, -0.1) is 0 Å². The van der Waals surface area contributed by atoms with Gasteiger partial charge in [0, 0.05) is 24.1 Å². The van der Waals surface area contributed by atoms with E-state index in [4.69, 9.17) is 14.5 Å². The summed E-state index contributed by atoms with van der Waals surface area (Å²) in [5, 5.41) is 3.49. The van der Waals surface area contributed by atoms with Gasteiger partial charge < -0.3 is 14.8 Å². The molecule has 0 fully saturated rings. The van der Waals surface area contributed by atoms with Gasteiger partial charge in [0.25, 0.3) is 0 Å². The predicted octanol–water partition coefficient (Wildman–Crippen LogP) is 4.22. The lowest BCUT2D eigenvalue weighted by Crippen LogP contribution is -2.15. The van der Waals surface area contributed by atoms with Crippen LogP contribution in [-0.2, 0) is 0 Å². The first-order chi connectivity index (χ1) is 13.3. The number of aromatic nitrogens is 3. The van der Waals surface area contributed by atoms with Gasteiger partial charge in [0.05, 0.1) is 5.69 Å². The van der Waals surface area contributed by atoms with Crippen LogP contribution in [0.1, 0.15) is 5.56 Å². The Hall–Kier alpha value is -3.54. The average molecular weight is 358 g/mol. The van der Waals surface area contributed by atoms with Crippen molar-refractivity contribution in [1.29, 1.82) is 0 Å². The van der Waals surface area contributed by atoms with E-state index in [9.17, 15) is 0 Å². The standard InChI is InChI=1S/C21H18N4O2/c1-14-7-9-25-19(12-14)24-20(16-4-2-3-8-22-16)21(25)23-15-5-6-17-18(13-15)27-11-10-26-17/h2-9,12-13,23H,10-11H2,1H3. The second-order valence-corrected chi connectivity index (χ2v) is 6.44. The van der Waals surface area contributed by atoms with Crippen molar-refractivity contribution in [2.45, 2.75) is 6.92 Å². The van der Waals surface area contributed by atoms with Crippen molar-refractivity contribution in [2.24, 2.45) is 0 Å². The van der Waals surface area contributed by atoms with Crippen LogP contribution in [0.2, 0.25) is 0 Å². The minimum atomic E-state index is 0.560. The highest BCUT2D eigenvalue weighted by atomic mass is 16.6. The zero-order valence-electron chi connectivity index (χ0n) is 14.8. The monoisotopic (exact) mass is 358 g/mol. The van der Waals surface area contributed by atoms with Crippen LogP contribution >= 0.6 is 0 Å². The molecule has 6 nitrogen and oxygen atoms in total. The second-order valence-electron chi connectivity index (χ2n) is 6.44. The lowest BCUT2D eigenvalue weighted by Gasteiger charge is -2.19. The molecule has 134 valence electrons. The van der Waals surface area contributed by atoms with E-state index in [1.165, 1.54) is 0 Å². The Labute approximate surface area is 156 Å². The Balaban J connectivity index is 1.63. The predicted molar refractivity (Wildman–Crippen MR) is 104 cm³/mol. The summed E-state index contributed by atoms with van der Waals surface area (Å²) < 4.78 is 13.3. The van der Waals surface area contributed by atoms with E-state index < -0.39 is 0 Å². The molecule has 0 bridgehead atoms. The minimum Gasteiger partial charge on any atom is -0.486 e. The topological polar surface area (TPSA) is 60.7 Å². The van der Waals surface area contributed by atoms with E-state index in [0.717, 1.165) is 45.6 Å². The molecule has 0 atom stereocenters. The number of aryl methyl sites for hydroxylation is 1. The maximum Gasteiger partial charge on any atom is 0.163 e. The largest absolute Gasteiger partial charge is 0.486 e. The number of benzene rings is 1. The molecule has 0 saturated carbocycles. The van der Waals surface area contributed by atoms with Crippen LogP contribution in [0.5, 0.6) is 11.5 Å². The molecule has 4 heterocycles. The van der Waals surface area contributed by atoms with Gasteiger partial charge in [-0.05, 0) is 48.9 Å². The van der Waals surface area contributed by atoms with E-state index in [1.54, 1.807) is 6.20 Å². The van der Waals surface area contributed by atoms with Crippen LogP contribution in [0.3, 0.4) is 0 Å². The van der Waals surface area contributed by atoms with Crippen LogP contribution in [0.25, 0.3) is 17.0 Å². The molecule has 0 radical (unpaired) electrons. The van der Waals surface area contributed by atoms with Crippen molar-refractivity contribution in [2.75, 3.05) is 18.5 Å². The third-order valence-electron chi connectivity index (χ3n) is 4.49. The molecule has 4 aromatic rings. The van der Waals surface area contributed by atoms with Crippen molar-refractivity contribution >= 4 is 17.2 Å². The molecule has 0 spiro atoms. The SMILES string of the molecule is Cc1ccn2c(Nc3ccc4c(c3)OCCO4)c(-c3ccccn3)nc2c1. The van der Waals surface area contributed by atoms with Crippen LogP contribution in [0.4, 0.5) is 11.5 Å². The van der Waals surface area contributed by atoms with E-state index in [1.807, 2.05) is 47.0 Å². The summed E-state index contributed by atoms with van der Waals surface area (Å²) >= 11 is 0. The number of pyridine rings is 2. The zero-order chi connectivity index (χ0) is 18.2. The number of imidazole rings is 1. The summed E-state index contributed by atoms with van der Waals surface area (Å²) in [6, 6.07) is 15.8. The second kappa shape index (κ2) is 6.32. The number of rotatable bonds is 3. The highest BCUT2D eigenvalue weighted by molar-refractivity contribution is 5.78. The Bertz CT molecular complexity index is 1120. The molecule has 0 saturated heterocycles. The maximum absolute atomic E-state index is 5.70. The van der Waals surface area contributed by atoms with Gasteiger partial charge in [0.1, 0.15) is 30.4 Å². The Kier molecular flexibility index (Phi) is 3.67. The number of hydrogen-bond donors (Lipinski definition) is 1. The molecule has 5 rings (SSSR count). The number of hydrogen-bond acceptors (Lipinski definition) is 5. The van der Waals surface area contributed by atoms with Crippen LogP contribution < -0.4 is 14.8 Å². The minimum absolute atomic E-state index is 0.560. The summed E-state index contributed by atoms with van der Waals surface area (Å²) in [4.78, 5) is 9.29. The normalized spacial score (nSPS) is 12.9. The first-order valence-corrected chi connectivity index (χ1v) is 8.85. The van der Waals surface area contributed by atoms with Crippen molar-refractivity contribution in [3.63, 3.8) is 0 Å². The zero-order valence-corrected chi connectivity index (χ0v) is 14.8. The van der Waals surface area contributed by atoms with Crippen molar-refractivity contribution in [1.82, 2.24) is 14.4 Å². The first-order valence-electron chi connectivity index (χ1n) is 8.85. The smallest absolute Gasteiger partial charge is 0.163 e. The molecule has 27 heavy (non-hydrogen) atoms. The number of nitrogens with zero attached hydrogens (tertiary/aromatic N) is 3. The van der Waals surface area contributed by atoms with Crippen LogP contribution in [0.15, 0.2) is 60.9 Å². The number of ether oxygens (including phenoxy) is 2. The van der Waals surface area contributed by atoms with E-state index >= 15 is 0 Å². The van der Waals surface area contributed by atoms with Crippen LogP contribution in [-0.4, -0.2) is 27.6 Å². The van der Waals surface area contributed by atoms with Crippen molar-refractivity contribution in [3.05, 3.63) is 66.5 Å². The van der Waals surface area contributed by atoms with Gasteiger partial charge in [-0.25, -0.2) is 4.98 Å². The molecule has 3 aromatic heterocycles. The van der Waals surface area contributed by atoms with E-state index in [2.05, 4.69) is 29.4 Å². The number of anilines is 2. The molecular weight excluding hydrogens is 340 g/mol. The lowest BCUT2D eigenvalue weighted by molar-refractivity contribution is 0.171. The Morgan fingerprint density at radius 3 is 2.74 bits per heavy atom. The van der Waals surface area contributed by atoms with Gasteiger partial charge in [-0.1, -0.05) is 6.07 Å². The molecule has 0 amide bonds. The van der Waals surface area contributed by atoms with Crippen molar-refractivity contribution in [3.8, 4) is 22.9 Å². The third kappa shape index (κ3) is 2.85. The Morgan fingerprint density at radius 1 is 1.00 bits per heavy atom. The van der Waals surface area contributed by atoms with Crippen LogP contribution in [0, 0.1) is 6.92 Å². The maximum atomic E-state index is 5.70. The molecule has 0 aliphatic carbocycles. The fourth-order valence-corrected chi connectivity index (χ4v) is 3.21. The summed E-state index contributed by atoms with van der Waals surface area (Å²) in [7, 11) is 0. The fraction of sp³-hybridized carbons (Fsp3) is 0.143. The summed E-state index contributed by atoms with van der Waals surface area (Å²) in [5.74, 6) is 2.38. The first kappa shape index (κ1) is 15.7. The van der Waals surface area contributed by atoms with Crippen molar-refractivity contribution < 1.29 is 9.47 Å². The molecule has 1 aliphatic rings. The van der Waals surface area contributed by atoms with Gasteiger partial charge >= 0.3 is 0 Å². The fourth-order valence-electron chi connectivity index (χ4n) is 3.21. The van der Waals surface area contributed by atoms with Gasteiger partial charge in [-0.3, -0.25) is 9.38 Å². The van der Waals surface area contributed by atoms with E-state index in [-0.39, 0.29) is 0 Å². The lowest BCUT2D eigenvalue weighted by atomic mass is 10.2.